The molecule has 0 atom stereocenters. The summed E-state index contributed by atoms with van der Waals surface area (Å²) in [7, 11) is 0. The molecule has 0 fully saturated rings. The first-order valence-corrected chi connectivity index (χ1v) is 7.92. The van der Waals surface area contributed by atoms with Gasteiger partial charge in [-0.2, -0.15) is 0 Å². The fourth-order valence-electron chi connectivity index (χ4n) is 1.84. The number of benzene rings is 2. The van der Waals surface area contributed by atoms with Crippen LogP contribution in [0.25, 0.3) is 0 Å². The summed E-state index contributed by atoms with van der Waals surface area (Å²) in [5.41, 5.74) is 2.08. The standard InChI is InChI=1S/C16H17ClFNS/c1-2-19-10-12-5-3-7-14(9-12)20-11-13-6-4-8-15(18)16(13)17/h3-9,19H,2,10-11H2,1H3. The molecule has 0 amide bonds. The highest BCUT2D eigenvalue weighted by atomic mass is 35.5. The molecule has 0 bridgehead atoms. The minimum absolute atomic E-state index is 0.226. The second-order valence-electron chi connectivity index (χ2n) is 4.43. The van der Waals surface area contributed by atoms with Crippen molar-refractivity contribution in [3.63, 3.8) is 0 Å². The second kappa shape index (κ2) is 7.67. The van der Waals surface area contributed by atoms with Crippen LogP contribution in [0.2, 0.25) is 5.02 Å². The summed E-state index contributed by atoms with van der Waals surface area (Å²) in [6, 6.07) is 13.3. The maximum atomic E-state index is 13.4. The Balaban J connectivity index is 2.01. The zero-order valence-electron chi connectivity index (χ0n) is 11.3. The molecule has 0 saturated carbocycles. The van der Waals surface area contributed by atoms with Crippen LogP contribution in [0, 0.1) is 5.82 Å². The van der Waals surface area contributed by atoms with Crippen molar-refractivity contribution in [3.8, 4) is 0 Å². The van der Waals surface area contributed by atoms with Crippen LogP contribution in [-0.4, -0.2) is 6.54 Å². The Morgan fingerprint density at radius 2 is 2.00 bits per heavy atom. The number of hydrogen-bond donors (Lipinski definition) is 1. The highest BCUT2D eigenvalue weighted by molar-refractivity contribution is 7.98. The largest absolute Gasteiger partial charge is 0.313 e. The summed E-state index contributed by atoms with van der Waals surface area (Å²) >= 11 is 7.63. The number of hydrogen-bond acceptors (Lipinski definition) is 2. The fraction of sp³-hybridized carbons (Fsp3) is 0.250. The first-order valence-electron chi connectivity index (χ1n) is 6.56. The van der Waals surface area contributed by atoms with Gasteiger partial charge in [0.25, 0.3) is 0 Å². The third-order valence-corrected chi connectivity index (χ3v) is 4.37. The van der Waals surface area contributed by atoms with E-state index in [1.807, 2.05) is 12.1 Å². The molecule has 2 aromatic carbocycles. The van der Waals surface area contributed by atoms with Crippen LogP contribution in [0.4, 0.5) is 4.39 Å². The van der Waals surface area contributed by atoms with Gasteiger partial charge in [-0.05, 0) is 35.9 Å². The van der Waals surface area contributed by atoms with Gasteiger partial charge in [0.15, 0.2) is 0 Å². The van der Waals surface area contributed by atoms with Gasteiger partial charge in [-0.25, -0.2) is 4.39 Å². The Morgan fingerprint density at radius 3 is 2.80 bits per heavy atom. The average molecular weight is 310 g/mol. The third-order valence-electron chi connectivity index (χ3n) is 2.90. The lowest BCUT2D eigenvalue weighted by molar-refractivity contribution is 0.627. The van der Waals surface area contributed by atoms with Crippen LogP contribution in [0.5, 0.6) is 0 Å². The van der Waals surface area contributed by atoms with E-state index in [-0.39, 0.29) is 10.8 Å². The van der Waals surface area contributed by atoms with Gasteiger partial charge < -0.3 is 5.32 Å². The lowest BCUT2D eigenvalue weighted by Gasteiger charge is -2.07. The Morgan fingerprint density at radius 1 is 1.20 bits per heavy atom. The summed E-state index contributed by atoms with van der Waals surface area (Å²) in [5.74, 6) is 0.312. The first-order chi connectivity index (χ1) is 9.70. The molecule has 0 saturated heterocycles. The predicted molar refractivity (Wildman–Crippen MR) is 84.8 cm³/mol. The molecule has 0 aliphatic rings. The van der Waals surface area contributed by atoms with E-state index in [1.165, 1.54) is 16.5 Å². The second-order valence-corrected chi connectivity index (χ2v) is 5.86. The average Bonchev–Trinajstić information content (AvgIpc) is 2.47. The summed E-state index contributed by atoms with van der Waals surface area (Å²) in [5, 5.41) is 3.53. The number of halogens is 2. The molecule has 0 aliphatic carbocycles. The van der Waals surface area contributed by atoms with Crippen molar-refractivity contribution in [2.24, 2.45) is 0 Å². The lowest BCUT2D eigenvalue weighted by Crippen LogP contribution is -2.11. The molecule has 4 heteroatoms. The van der Waals surface area contributed by atoms with Gasteiger partial charge in [0.05, 0.1) is 5.02 Å². The van der Waals surface area contributed by atoms with Crippen molar-refractivity contribution in [2.75, 3.05) is 6.54 Å². The lowest BCUT2D eigenvalue weighted by atomic mass is 10.2. The Bertz CT molecular complexity index is 574. The number of nitrogens with one attached hydrogen (secondary N) is 1. The Hall–Kier alpha value is -1.03. The van der Waals surface area contributed by atoms with E-state index in [0.717, 1.165) is 18.7 Å². The zero-order chi connectivity index (χ0) is 14.4. The van der Waals surface area contributed by atoms with Crippen LogP contribution in [0.3, 0.4) is 0 Å². The van der Waals surface area contributed by atoms with E-state index in [1.54, 1.807) is 17.8 Å². The van der Waals surface area contributed by atoms with Gasteiger partial charge in [-0.1, -0.05) is 42.8 Å². The molecule has 1 nitrogen and oxygen atoms in total. The predicted octanol–water partition coefficient (Wildman–Crippen LogP) is 4.88. The maximum Gasteiger partial charge on any atom is 0.142 e. The third kappa shape index (κ3) is 4.23. The van der Waals surface area contributed by atoms with Crippen molar-refractivity contribution < 1.29 is 4.39 Å². The Kier molecular flexibility index (Phi) is 5.89. The summed E-state index contributed by atoms with van der Waals surface area (Å²) in [6.07, 6.45) is 0. The van der Waals surface area contributed by atoms with E-state index in [9.17, 15) is 4.39 Å². The van der Waals surface area contributed by atoms with E-state index in [2.05, 4.69) is 30.4 Å². The van der Waals surface area contributed by atoms with Crippen molar-refractivity contribution in [2.45, 2.75) is 24.1 Å². The van der Waals surface area contributed by atoms with Crippen molar-refractivity contribution in [3.05, 3.63) is 64.4 Å². The van der Waals surface area contributed by atoms with Crippen LogP contribution in [-0.2, 0) is 12.3 Å². The zero-order valence-corrected chi connectivity index (χ0v) is 12.9. The van der Waals surface area contributed by atoms with Crippen molar-refractivity contribution >= 4 is 23.4 Å². The first kappa shape index (κ1) is 15.4. The van der Waals surface area contributed by atoms with Gasteiger partial charge in [-0.15, -0.1) is 11.8 Å². The monoisotopic (exact) mass is 309 g/mol. The van der Waals surface area contributed by atoms with Gasteiger partial charge in [0.1, 0.15) is 5.82 Å². The van der Waals surface area contributed by atoms with Crippen LogP contribution >= 0.6 is 23.4 Å². The molecule has 0 spiro atoms. The molecule has 0 aromatic heterocycles. The van der Waals surface area contributed by atoms with Gasteiger partial charge in [0.2, 0.25) is 0 Å². The van der Waals surface area contributed by atoms with E-state index in [4.69, 9.17) is 11.6 Å². The van der Waals surface area contributed by atoms with Crippen LogP contribution in [0.15, 0.2) is 47.4 Å². The van der Waals surface area contributed by atoms with Crippen LogP contribution < -0.4 is 5.32 Å². The summed E-state index contributed by atoms with van der Waals surface area (Å²) in [4.78, 5) is 1.17. The molecule has 0 unspecified atom stereocenters. The molecule has 106 valence electrons. The molecule has 20 heavy (non-hydrogen) atoms. The van der Waals surface area contributed by atoms with E-state index >= 15 is 0 Å². The van der Waals surface area contributed by atoms with Gasteiger partial charge in [-0.3, -0.25) is 0 Å². The maximum absolute atomic E-state index is 13.4. The molecule has 2 aromatic rings. The van der Waals surface area contributed by atoms with Gasteiger partial charge >= 0.3 is 0 Å². The number of rotatable bonds is 6. The smallest absolute Gasteiger partial charge is 0.142 e. The normalized spacial score (nSPS) is 10.8. The Labute approximate surface area is 128 Å². The fourth-order valence-corrected chi connectivity index (χ4v) is 3.08. The van der Waals surface area contributed by atoms with E-state index < -0.39 is 0 Å². The molecular weight excluding hydrogens is 293 g/mol. The molecule has 0 heterocycles. The highest BCUT2D eigenvalue weighted by Crippen LogP contribution is 2.28. The molecular formula is C16H17ClFNS. The SMILES string of the molecule is CCNCc1cccc(SCc2cccc(F)c2Cl)c1. The quantitative estimate of drug-likeness (QED) is 0.763. The summed E-state index contributed by atoms with van der Waals surface area (Å²) < 4.78 is 13.4. The molecule has 0 aliphatic heterocycles. The molecule has 1 N–H and O–H groups in total. The van der Waals surface area contributed by atoms with Crippen LogP contribution in [0.1, 0.15) is 18.1 Å². The van der Waals surface area contributed by atoms with Crippen molar-refractivity contribution in [1.82, 2.24) is 5.32 Å². The minimum atomic E-state index is -0.356. The number of thioether (sulfide) groups is 1. The topological polar surface area (TPSA) is 12.0 Å². The molecule has 2 rings (SSSR count). The van der Waals surface area contributed by atoms with E-state index in [0.29, 0.717) is 5.75 Å². The van der Waals surface area contributed by atoms with Gasteiger partial charge in [0, 0.05) is 17.2 Å². The summed E-state index contributed by atoms with van der Waals surface area (Å²) in [6.45, 7) is 3.91. The minimum Gasteiger partial charge on any atom is -0.313 e. The van der Waals surface area contributed by atoms with Crippen molar-refractivity contribution in [1.29, 1.82) is 0 Å². The highest BCUT2D eigenvalue weighted by Gasteiger charge is 2.06. The molecule has 0 radical (unpaired) electrons.